The number of guanidine groups is 1. The van der Waals surface area contributed by atoms with Gasteiger partial charge in [0.2, 0.25) is 0 Å². The molecule has 5 nitrogen and oxygen atoms in total. The van der Waals surface area contributed by atoms with Gasteiger partial charge in [-0.05, 0) is 24.2 Å². The molecule has 0 spiro atoms. The van der Waals surface area contributed by atoms with Gasteiger partial charge in [0, 0.05) is 46.3 Å². The standard InChI is InChI=1S/C18H27F4N5/c1-3-26-8-10-27(11-9-26)16-5-4-14(12-15(16)19)13-25-17(23-2)24-7-6-18(20,21)22/h4-5,12H,3,6-11,13H2,1-2H3,(H2,23,24,25). The zero-order valence-corrected chi connectivity index (χ0v) is 15.7. The molecule has 0 unspecified atom stereocenters. The van der Waals surface area contributed by atoms with Crippen LogP contribution in [0.25, 0.3) is 0 Å². The van der Waals surface area contributed by atoms with Crippen molar-refractivity contribution in [3.05, 3.63) is 29.6 Å². The van der Waals surface area contributed by atoms with Crippen LogP contribution in [0, 0.1) is 5.82 Å². The van der Waals surface area contributed by atoms with Gasteiger partial charge in [0.15, 0.2) is 5.96 Å². The fourth-order valence-electron chi connectivity index (χ4n) is 2.95. The molecule has 1 heterocycles. The van der Waals surface area contributed by atoms with E-state index in [4.69, 9.17) is 0 Å². The Bertz CT molecular complexity index is 625. The average Bonchev–Trinajstić information content (AvgIpc) is 2.64. The number of nitrogens with one attached hydrogen (secondary N) is 2. The van der Waals surface area contributed by atoms with Crippen molar-refractivity contribution in [2.45, 2.75) is 26.1 Å². The largest absolute Gasteiger partial charge is 0.390 e. The first-order valence-electron chi connectivity index (χ1n) is 9.09. The van der Waals surface area contributed by atoms with Crippen molar-refractivity contribution in [1.29, 1.82) is 0 Å². The first-order chi connectivity index (χ1) is 12.8. The van der Waals surface area contributed by atoms with Crippen molar-refractivity contribution < 1.29 is 17.6 Å². The van der Waals surface area contributed by atoms with Crippen LogP contribution in [0.2, 0.25) is 0 Å². The molecule has 1 aliphatic rings. The zero-order valence-electron chi connectivity index (χ0n) is 15.7. The SMILES string of the molecule is CCN1CCN(c2ccc(CNC(=NC)NCCC(F)(F)F)cc2F)CC1. The van der Waals surface area contributed by atoms with Gasteiger partial charge >= 0.3 is 6.18 Å². The molecule has 1 aromatic rings. The average molecular weight is 389 g/mol. The van der Waals surface area contributed by atoms with E-state index < -0.39 is 12.6 Å². The smallest absolute Gasteiger partial charge is 0.367 e. The minimum atomic E-state index is -4.21. The van der Waals surface area contributed by atoms with Gasteiger partial charge in [0.05, 0.1) is 12.1 Å². The Morgan fingerprint density at radius 1 is 1.15 bits per heavy atom. The molecule has 1 saturated heterocycles. The summed E-state index contributed by atoms with van der Waals surface area (Å²) in [6, 6.07) is 5.03. The number of anilines is 1. The lowest BCUT2D eigenvalue weighted by atomic mass is 10.1. The lowest BCUT2D eigenvalue weighted by molar-refractivity contribution is -0.132. The number of alkyl halides is 3. The lowest BCUT2D eigenvalue weighted by Gasteiger charge is -2.35. The number of nitrogens with zero attached hydrogens (tertiary/aromatic N) is 3. The number of piperazine rings is 1. The number of aliphatic imine (C=N–C) groups is 1. The van der Waals surface area contributed by atoms with Crippen molar-refractivity contribution in [1.82, 2.24) is 15.5 Å². The van der Waals surface area contributed by atoms with Crippen LogP contribution in [-0.2, 0) is 6.54 Å². The van der Waals surface area contributed by atoms with Crippen molar-refractivity contribution in [2.24, 2.45) is 4.99 Å². The lowest BCUT2D eigenvalue weighted by Crippen LogP contribution is -2.46. The van der Waals surface area contributed by atoms with Crippen LogP contribution in [0.4, 0.5) is 23.2 Å². The quantitative estimate of drug-likeness (QED) is 0.446. The van der Waals surface area contributed by atoms with Crippen LogP contribution in [0.15, 0.2) is 23.2 Å². The summed E-state index contributed by atoms with van der Waals surface area (Å²) in [6.07, 6.45) is -5.16. The molecule has 0 aliphatic carbocycles. The predicted octanol–water partition coefficient (Wildman–Crippen LogP) is 2.59. The molecule has 2 rings (SSSR count). The minimum Gasteiger partial charge on any atom is -0.367 e. The van der Waals surface area contributed by atoms with E-state index in [1.54, 1.807) is 6.07 Å². The molecular weight excluding hydrogens is 362 g/mol. The second-order valence-corrected chi connectivity index (χ2v) is 6.42. The van der Waals surface area contributed by atoms with Gasteiger partial charge in [-0.15, -0.1) is 0 Å². The van der Waals surface area contributed by atoms with Crippen molar-refractivity contribution in [2.75, 3.05) is 51.2 Å². The number of hydrogen-bond donors (Lipinski definition) is 2. The van der Waals surface area contributed by atoms with E-state index in [-0.39, 0.29) is 24.9 Å². The second kappa shape index (κ2) is 9.77. The summed E-state index contributed by atoms with van der Waals surface area (Å²) < 4.78 is 51.1. The Balaban J connectivity index is 1.86. The topological polar surface area (TPSA) is 42.9 Å². The Morgan fingerprint density at radius 2 is 1.85 bits per heavy atom. The summed E-state index contributed by atoms with van der Waals surface area (Å²) in [5.41, 5.74) is 1.28. The third-order valence-electron chi connectivity index (χ3n) is 4.56. The van der Waals surface area contributed by atoms with Crippen LogP contribution < -0.4 is 15.5 Å². The highest BCUT2D eigenvalue weighted by Gasteiger charge is 2.26. The Hall–Kier alpha value is -2.03. The van der Waals surface area contributed by atoms with Crippen LogP contribution >= 0.6 is 0 Å². The minimum absolute atomic E-state index is 0.249. The third kappa shape index (κ3) is 6.89. The van der Waals surface area contributed by atoms with Crippen molar-refractivity contribution in [3.63, 3.8) is 0 Å². The van der Waals surface area contributed by atoms with E-state index in [1.807, 2.05) is 11.0 Å². The molecule has 0 saturated carbocycles. The molecule has 27 heavy (non-hydrogen) atoms. The maximum Gasteiger partial charge on any atom is 0.390 e. The maximum absolute atomic E-state index is 14.5. The molecule has 0 amide bonds. The first kappa shape index (κ1) is 21.3. The molecule has 1 fully saturated rings. The Labute approximate surface area is 157 Å². The molecular formula is C18H27F4N5. The first-order valence-corrected chi connectivity index (χ1v) is 9.09. The second-order valence-electron chi connectivity index (χ2n) is 6.42. The number of hydrogen-bond acceptors (Lipinski definition) is 3. The van der Waals surface area contributed by atoms with Crippen molar-refractivity contribution >= 4 is 11.6 Å². The summed E-state index contributed by atoms with van der Waals surface area (Å²) >= 11 is 0. The number of halogens is 4. The van der Waals surface area contributed by atoms with Gasteiger partial charge in [-0.1, -0.05) is 13.0 Å². The number of rotatable bonds is 6. The predicted molar refractivity (Wildman–Crippen MR) is 99.6 cm³/mol. The molecule has 2 N–H and O–H groups in total. The van der Waals surface area contributed by atoms with Gasteiger partial charge in [-0.3, -0.25) is 4.99 Å². The molecule has 0 aromatic heterocycles. The Morgan fingerprint density at radius 3 is 2.41 bits per heavy atom. The maximum atomic E-state index is 14.5. The van der Waals surface area contributed by atoms with E-state index in [2.05, 4.69) is 27.4 Å². The van der Waals surface area contributed by atoms with E-state index in [1.165, 1.54) is 13.1 Å². The third-order valence-corrected chi connectivity index (χ3v) is 4.56. The van der Waals surface area contributed by atoms with Crippen molar-refractivity contribution in [3.8, 4) is 0 Å². The van der Waals surface area contributed by atoms with Crippen LogP contribution in [0.3, 0.4) is 0 Å². The van der Waals surface area contributed by atoms with Gasteiger partial charge in [-0.2, -0.15) is 13.2 Å². The fourth-order valence-corrected chi connectivity index (χ4v) is 2.95. The molecule has 1 aliphatic heterocycles. The highest BCUT2D eigenvalue weighted by Crippen LogP contribution is 2.22. The summed E-state index contributed by atoms with van der Waals surface area (Å²) in [7, 11) is 1.47. The van der Waals surface area contributed by atoms with Gasteiger partial charge in [0.1, 0.15) is 5.82 Å². The number of benzene rings is 1. The fraction of sp³-hybridized carbons (Fsp3) is 0.611. The Kier molecular flexibility index (Phi) is 7.70. The monoisotopic (exact) mass is 389 g/mol. The van der Waals surface area contributed by atoms with Crippen LogP contribution in [0.5, 0.6) is 0 Å². The van der Waals surface area contributed by atoms with E-state index in [9.17, 15) is 17.6 Å². The van der Waals surface area contributed by atoms with Gasteiger partial charge < -0.3 is 20.4 Å². The summed E-state index contributed by atoms with van der Waals surface area (Å²) in [5, 5.41) is 5.49. The van der Waals surface area contributed by atoms with E-state index in [0.717, 1.165) is 32.7 Å². The molecule has 152 valence electrons. The number of likely N-dealkylation sites (N-methyl/N-ethyl adjacent to an activating group) is 1. The van der Waals surface area contributed by atoms with Gasteiger partial charge in [0.25, 0.3) is 0 Å². The molecule has 1 aromatic carbocycles. The highest BCUT2D eigenvalue weighted by atomic mass is 19.4. The van der Waals surface area contributed by atoms with Crippen LogP contribution in [-0.4, -0.2) is 63.4 Å². The van der Waals surface area contributed by atoms with E-state index in [0.29, 0.717) is 11.3 Å². The highest BCUT2D eigenvalue weighted by molar-refractivity contribution is 5.79. The summed E-state index contributed by atoms with van der Waals surface area (Å²) in [4.78, 5) is 8.23. The normalized spacial score (nSPS) is 16.5. The summed E-state index contributed by atoms with van der Waals surface area (Å²) in [5.74, 6) is -0.0429. The van der Waals surface area contributed by atoms with E-state index >= 15 is 0 Å². The zero-order chi connectivity index (χ0) is 19.9. The molecule has 0 radical (unpaired) electrons. The molecule has 9 heteroatoms. The molecule has 0 bridgehead atoms. The van der Waals surface area contributed by atoms with Crippen LogP contribution in [0.1, 0.15) is 18.9 Å². The van der Waals surface area contributed by atoms with Gasteiger partial charge in [-0.25, -0.2) is 4.39 Å². The summed E-state index contributed by atoms with van der Waals surface area (Å²) in [6.45, 7) is 6.53. The molecule has 0 atom stereocenters.